The van der Waals surface area contributed by atoms with Crippen molar-refractivity contribution in [3.8, 4) is 0 Å². The zero-order chi connectivity index (χ0) is 14.7. The van der Waals surface area contributed by atoms with Crippen LogP contribution in [0.3, 0.4) is 0 Å². The van der Waals surface area contributed by atoms with Gasteiger partial charge in [-0.3, -0.25) is 4.90 Å². The lowest BCUT2D eigenvalue weighted by Gasteiger charge is -2.42. The van der Waals surface area contributed by atoms with Crippen molar-refractivity contribution in [3.63, 3.8) is 0 Å². The summed E-state index contributed by atoms with van der Waals surface area (Å²) in [6.07, 6.45) is 1.70. The molecule has 1 N–H and O–H groups in total. The quantitative estimate of drug-likeness (QED) is 0.933. The van der Waals surface area contributed by atoms with Crippen LogP contribution in [-0.2, 0) is 0 Å². The average molecular weight is 281 g/mol. The van der Waals surface area contributed by atoms with E-state index >= 15 is 0 Å². The van der Waals surface area contributed by atoms with Crippen LogP contribution in [0.5, 0.6) is 0 Å². The summed E-state index contributed by atoms with van der Waals surface area (Å²) < 4.78 is 0. The Morgan fingerprint density at radius 3 is 1.95 bits per heavy atom. The van der Waals surface area contributed by atoms with Crippen molar-refractivity contribution in [1.82, 2.24) is 4.90 Å². The minimum absolute atomic E-state index is 0.142. The molecular weight excluding hydrogens is 258 g/mol. The largest absolute Gasteiger partial charge is 0.391 e. The Kier molecular flexibility index (Phi) is 4.37. The van der Waals surface area contributed by atoms with Crippen molar-refractivity contribution in [1.29, 1.82) is 0 Å². The molecule has 0 unspecified atom stereocenters. The lowest BCUT2D eigenvalue weighted by Crippen LogP contribution is -2.49. The molecule has 0 aromatic heterocycles. The van der Waals surface area contributed by atoms with Gasteiger partial charge in [-0.15, -0.1) is 0 Å². The third-order valence-electron chi connectivity index (χ3n) is 4.57. The lowest BCUT2D eigenvalue weighted by atomic mass is 9.79. The Morgan fingerprint density at radius 1 is 0.952 bits per heavy atom. The van der Waals surface area contributed by atoms with E-state index in [2.05, 4.69) is 60.5 Å². The van der Waals surface area contributed by atoms with E-state index in [-0.39, 0.29) is 18.1 Å². The van der Waals surface area contributed by atoms with Crippen molar-refractivity contribution in [2.75, 3.05) is 13.6 Å². The van der Waals surface area contributed by atoms with Crippen LogP contribution in [0.15, 0.2) is 60.7 Å². The van der Waals surface area contributed by atoms with Gasteiger partial charge in [0, 0.05) is 12.0 Å². The van der Waals surface area contributed by atoms with Gasteiger partial charge in [0.2, 0.25) is 0 Å². The van der Waals surface area contributed by atoms with Gasteiger partial charge in [0.05, 0.1) is 6.10 Å². The van der Waals surface area contributed by atoms with E-state index in [4.69, 9.17) is 0 Å². The van der Waals surface area contributed by atoms with Gasteiger partial charge in [-0.25, -0.2) is 0 Å². The van der Waals surface area contributed by atoms with E-state index in [1.807, 2.05) is 12.1 Å². The lowest BCUT2D eigenvalue weighted by molar-refractivity contribution is 0.0171. The van der Waals surface area contributed by atoms with Gasteiger partial charge in [0.25, 0.3) is 0 Å². The molecule has 2 heteroatoms. The molecule has 1 heterocycles. The van der Waals surface area contributed by atoms with Gasteiger partial charge < -0.3 is 5.11 Å². The predicted octanol–water partition coefficient (Wildman–Crippen LogP) is 3.27. The molecule has 0 aliphatic carbocycles. The zero-order valence-electron chi connectivity index (χ0n) is 12.5. The first-order valence-electron chi connectivity index (χ1n) is 7.75. The highest BCUT2D eigenvalue weighted by atomic mass is 16.3. The second-order valence-corrected chi connectivity index (χ2v) is 5.98. The van der Waals surface area contributed by atoms with Crippen molar-refractivity contribution >= 4 is 0 Å². The third kappa shape index (κ3) is 3.02. The maximum Gasteiger partial charge on any atom is 0.0705 e. The van der Waals surface area contributed by atoms with E-state index in [1.54, 1.807) is 0 Å². The van der Waals surface area contributed by atoms with Gasteiger partial charge in [-0.05, 0) is 37.6 Å². The fraction of sp³-hybridized carbons (Fsp3) is 0.368. The van der Waals surface area contributed by atoms with Gasteiger partial charge >= 0.3 is 0 Å². The van der Waals surface area contributed by atoms with Crippen molar-refractivity contribution in [3.05, 3.63) is 71.8 Å². The minimum atomic E-state index is -0.269. The highest BCUT2D eigenvalue weighted by Crippen LogP contribution is 2.35. The molecule has 1 aliphatic rings. The van der Waals surface area contributed by atoms with Crippen molar-refractivity contribution < 1.29 is 5.11 Å². The minimum Gasteiger partial charge on any atom is -0.391 e. The summed E-state index contributed by atoms with van der Waals surface area (Å²) in [6, 6.07) is 21.3. The fourth-order valence-electron chi connectivity index (χ4n) is 3.55. The van der Waals surface area contributed by atoms with E-state index in [1.165, 1.54) is 11.1 Å². The normalized spacial score (nSPS) is 23.4. The van der Waals surface area contributed by atoms with Crippen LogP contribution in [-0.4, -0.2) is 35.7 Å². The standard InChI is InChI=1S/C19H23NO/c1-20-14-8-13-17(21)19(20)18(15-9-4-2-5-10-15)16-11-6-3-7-12-16/h2-7,9-12,17-19,21H,8,13-14H2,1H3/t17-,19-/m1/s1. The van der Waals surface area contributed by atoms with E-state index < -0.39 is 0 Å². The van der Waals surface area contributed by atoms with Gasteiger partial charge in [-0.2, -0.15) is 0 Å². The van der Waals surface area contributed by atoms with Crippen molar-refractivity contribution in [2.24, 2.45) is 0 Å². The van der Waals surface area contributed by atoms with Gasteiger partial charge in [-0.1, -0.05) is 60.7 Å². The number of likely N-dealkylation sites (N-methyl/N-ethyl adjacent to an activating group) is 1. The topological polar surface area (TPSA) is 23.5 Å². The number of nitrogens with zero attached hydrogens (tertiary/aromatic N) is 1. The summed E-state index contributed by atoms with van der Waals surface area (Å²) in [5.41, 5.74) is 2.56. The number of likely N-dealkylation sites (tertiary alicyclic amines) is 1. The molecule has 2 nitrogen and oxygen atoms in total. The summed E-state index contributed by atoms with van der Waals surface area (Å²) in [6.45, 7) is 1.05. The Morgan fingerprint density at radius 2 is 1.48 bits per heavy atom. The van der Waals surface area contributed by atoms with Crippen LogP contribution < -0.4 is 0 Å². The summed E-state index contributed by atoms with van der Waals surface area (Å²) in [7, 11) is 2.13. The molecule has 0 bridgehead atoms. The summed E-state index contributed by atoms with van der Waals surface area (Å²) in [5, 5.41) is 10.6. The zero-order valence-corrected chi connectivity index (χ0v) is 12.5. The second-order valence-electron chi connectivity index (χ2n) is 5.98. The predicted molar refractivity (Wildman–Crippen MR) is 86.4 cm³/mol. The molecule has 0 amide bonds. The van der Waals surface area contributed by atoms with Crippen LogP contribution in [0.1, 0.15) is 29.9 Å². The maximum atomic E-state index is 10.6. The fourth-order valence-corrected chi connectivity index (χ4v) is 3.55. The number of piperidine rings is 1. The van der Waals surface area contributed by atoms with Gasteiger partial charge in [0.1, 0.15) is 0 Å². The number of hydrogen-bond donors (Lipinski definition) is 1. The van der Waals surface area contributed by atoms with Crippen LogP contribution >= 0.6 is 0 Å². The number of benzene rings is 2. The van der Waals surface area contributed by atoms with Gasteiger partial charge in [0.15, 0.2) is 0 Å². The van der Waals surface area contributed by atoms with E-state index in [0.29, 0.717) is 0 Å². The molecule has 0 radical (unpaired) electrons. The Labute approximate surface area is 127 Å². The highest BCUT2D eigenvalue weighted by Gasteiger charge is 2.35. The molecule has 21 heavy (non-hydrogen) atoms. The summed E-state index contributed by atoms with van der Waals surface area (Å²) >= 11 is 0. The summed E-state index contributed by atoms with van der Waals surface area (Å²) in [5.74, 6) is 0.215. The van der Waals surface area contributed by atoms with Crippen LogP contribution in [0.4, 0.5) is 0 Å². The number of aliphatic hydroxyl groups excluding tert-OH is 1. The molecule has 110 valence electrons. The highest BCUT2D eigenvalue weighted by molar-refractivity contribution is 5.35. The Balaban J connectivity index is 2.04. The Hall–Kier alpha value is -1.64. The average Bonchev–Trinajstić information content (AvgIpc) is 2.53. The molecular formula is C19H23NO. The molecule has 1 fully saturated rings. The van der Waals surface area contributed by atoms with Crippen LogP contribution in [0.25, 0.3) is 0 Å². The second kappa shape index (κ2) is 6.42. The monoisotopic (exact) mass is 281 g/mol. The number of aliphatic hydroxyl groups is 1. The molecule has 2 aromatic rings. The third-order valence-corrected chi connectivity index (χ3v) is 4.57. The smallest absolute Gasteiger partial charge is 0.0705 e. The van der Waals surface area contributed by atoms with E-state index in [9.17, 15) is 5.11 Å². The molecule has 2 aromatic carbocycles. The summed E-state index contributed by atoms with van der Waals surface area (Å²) in [4.78, 5) is 2.32. The van der Waals surface area contributed by atoms with E-state index in [0.717, 1.165) is 19.4 Å². The first-order chi connectivity index (χ1) is 10.3. The SMILES string of the molecule is CN1CCC[C@@H](O)[C@@H]1C(c1ccccc1)c1ccccc1. The van der Waals surface area contributed by atoms with Crippen LogP contribution in [0.2, 0.25) is 0 Å². The van der Waals surface area contributed by atoms with Crippen molar-refractivity contribution in [2.45, 2.75) is 30.9 Å². The molecule has 2 atom stereocenters. The molecule has 1 aliphatic heterocycles. The van der Waals surface area contributed by atoms with Crippen LogP contribution in [0, 0.1) is 0 Å². The Bertz CT molecular complexity index is 505. The number of hydrogen-bond acceptors (Lipinski definition) is 2. The number of rotatable bonds is 3. The maximum absolute atomic E-state index is 10.6. The molecule has 0 saturated carbocycles. The first-order valence-corrected chi connectivity index (χ1v) is 7.75. The first kappa shape index (κ1) is 14.3. The molecule has 1 saturated heterocycles. The molecule has 3 rings (SSSR count). The molecule has 0 spiro atoms.